The Labute approximate surface area is 188 Å². The first-order chi connectivity index (χ1) is 15.9. The molecule has 176 valence electrons. The first-order valence-corrected chi connectivity index (χ1v) is 10.1. The number of fused-ring (bicyclic) bond motifs is 1. The van der Waals surface area contributed by atoms with E-state index in [9.17, 15) is 25.2 Å². The number of rotatable bonds is 6. The van der Waals surface area contributed by atoms with E-state index in [0.717, 1.165) is 0 Å². The van der Waals surface area contributed by atoms with Gasteiger partial charge in [-0.2, -0.15) is 0 Å². The van der Waals surface area contributed by atoms with Gasteiger partial charge in [-0.1, -0.05) is 12.1 Å². The van der Waals surface area contributed by atoms with Crippen LogP contribution in [0.4, 0.5) is 0 Å². The Bertz CT molecular complexity index is 1170. The predicted octanol–water partition coefficient (Wildman–Crippen LogP) is 0.656. The van der Waals surface area contributed by atoms with Crippen LogP contribution in [0.2, 0.25) is 0 Å². The van der Waals surface area contributed by atoms with Crippen molar-refractivity contribution in [3.05, 3.63) is 52.9 Å². The second-order valence-electron chi connectivity index (χ2n) is 7.52. The molecule has 1 saturated heterocycles. The summed E-state index contributed by atoms with van der Waals surface area (Å²) in [6, 6.07) is 9.53. The van der Waals surface area contributed by atoms with Crippen LogP contribution in [0, 0.1) is 0 Å². The molecule has 3 aromatic rings. The molecule has 2 heterocycles. The summed E-state index contributed by atoms with van der Waals surface area (Å²) in [6.07, 6.45) is -5.59. The molecule has 5 atom stereocenters. The van der Waals surface area contributed by atoms with E-state index in [4.69, 9.17) is 23.4 Å². The third-order valence-corrected chi connectivity index (χ3v) is 5.54. The standard InChI is InChI=1S/C23H24O10/c1-29-13-7-15(30-2)18-16(8-13)31-10-14(19(18)25)11-3-5-12(6-4-11)32-23-22(28)21(27)20(26)17(9-24)33-23/h3-8,10,17,20-24,26-28H,9H2,1-2H3. The molecule has 0 saturated carbocycles. The fraction of sp³-hybridized carbons (Fsp3) is 0.348. The highest BCUT2D eigenvalue weighted by atomic mass is 16.7. The van der Waals surface area contributed by atoms with Crippen LogP contribution in [0.3, 0.4) is 0 Å². The van der Waals surface area contributed by atoms with E-state index in [-0.39, 0.29) is 16.6 Å². The van der Waals surface area contributed by atoms with Gasteiger partial charge in [0.05, 0.1) is 26.4 Å². The van der Waals surface area contributed by atoms with Crippen LogP contribution >= 0.6 is 0 Å². The van der Waals surface area contributed by atoms with Gasteiger partial charge >= 0.3 is 0 Å². The lowest BCUT2D eigenvalue weighted by Gasteiger charge is -2.39. The molecule has 4 N–H and O–H groups in total. The van der Waals surface area contributed by atoms with Crippen LogP contribution in [0.1, 0.15) is 0 Å². The van der Waals surface area contributed by atoms with Crippen LogP contribution in [-0.4, -0.2) is 72.0 Å². The van der Waals surface area contributed by atoms with Crippen LogP contribution in [0.5, 0.6) is 17.2 Å². The zero-order valence-electron chi connectivity index (χ0n) is 17.9. The Kier molecular flexibility index (Phi) is 6.54. The maximum atomic E-state index is 13.1. The largest absolute Gasteiger partial charge is 0.496 e. The average molecular weight is 460 g/mol. The molecule has 0 aliphatic carbocycles. The van der Waals surface area contributed by atoms with Gasteiger partial charge in [0.1, 0.15) is 58.9 Å². The number of hydrogen-bond donors (Lipinski definition) is 4. The number of aliphatic hydroxyl groups excluding tert-OH is 4. The van der Waals surface area contributed by atoms with Crippen molar-refractivity contribution in [3.8, 4) is 28.4 Å². The van der Waals surface area contributed by atoms with Gasteiger partial charge in [-0.05, 0) is 17.7 Å². The molecule has 10 heteroatoms. The zero-order chi connectivity index (χ0) is 23.7. The smallest absolute Gasteiger partial charge is 0.229 e. The summed E-state index contributed by atoms with van der Waals surface area (Å²) in [5.41, 5.74) is 0.871. The highest BCUT2D eigenvalue weighted by Crippen LogP contribution is 2.32. The number of hydrogen-bond acceptors (Lipinski definition) is 10. The molecule has 1 aliphatic rings. The predicted molar refractivity (Wildman–Crippen MR) is 115 cm³/mol. The summed E-state index contributed by atoms with van der Waals surface area (Å²) in [5.74, 6) is 1.09. The van der Waals surface area contributed by atoms with Crippen molar-refractivity contribution >= 4 is 11.0 Å². The first kappa shape index (κ1) is 23.0. The highest BCUT2D eigenvalue weighted by Gasteiger charge is 2.44. The second-order valence-corrected chi connectivity index (χ2v) is 7.52. The Morgan fingerprint density at radius 2 is 1.67 bits per heavy atom. The lowest BCUT2D eigenvalue weighted by Crippen LogP contribution is -2.60. The van der Waals surface area contributed by atoms with E-state index < -0.39 is 37.3 Å². The zero-order valence-corrected chi connectivity index (χ0v) is 17.9. The monoisotopic (exact) mass is 460 g/mol. The lowest BCUT2D eigenvalue weighted by atomic mass is 9.99. The van der Waals surface area contributed by atoms with Crippen molar-refractivity contribution in [2.75, 3.05) is 20.8 Å². The van der Waals surface area contributed by atoms with Gasteiger partial charge < -0.3 is 43.8 Å². The minimum absolute atomic E-state index is 0.274. The molecule has 1 aliphatic heterocycles. The minimum Gasteiger partial charge on any atom is -0.496 e. The SMILES string of the molecule is COc1cc(OC)c2c(=O)c(-c3ccc(OC4OC(CO)C(O)C(O)C4O)cc3)coc2c1. The summed E-state index contributed by atoms with van der Waals surface area (Å²) in [4.78, 5) is 13.1. The van der Waals surface area contributed by atoms with Crippen molar-refractivity contribution in [2.45, 2.75) is 30.7 Å². The number of methoxy groups -OCH3 is 2. The summed E-state index contributed by atoms with van der Waals surface area (Å²) in [6.45, 7) is -0.559. The lowest BCUT2D eigenvalue weighted by molar-refractivity contribution is -0.277. The van der Waals surface area contributed by atoms with Crippen LogP contribution < -0.4 is 19.6 Å². The molecule has 2 aromatic carbocycles. The van der Waals surface area contributed by atoms with Crippen molar-refractivity contribution in [1.29, 1.82) is 0 Å². The molecular weight excluding hydrogens is 436 g/mol. The molecule has 0 spiro atoms. The van der Waals surface area contributed by atoms with Gasteiger partial charge in [-0.25, -0.2) is 0 Å². The molecule has 0 amide bonds. The summed E-state index contributed by atoms with van der Waals surface area (Å²) < 4.78 is 27.1. The molecular formula is C23H24O10. The van der Waals surface area contributed by atoms with Gasteiger partial charge in [0.2, 0.25) is 11.7 Å². The third-order valence-electron chi connectivity index (χ3n) is 5.54. The maximum Gasteiger partial charge on any atom is 0.229 e. The van der Waals surface area contributed by atoms with E-state index >= 15 is 0 Å². The van der Waals surface area contributed by atoms with Gasteiger partial charge in [-0.15, -0.1) is 0 Å². The van der Waals surface area contributed by atoms with Gasteiger partial charge in [0.25, 0.3) is 0 Å². The quantitative estimate of drug-likeness (QED) is 0.413. The van der Waals surface area contributed by atoms with E-state index in [2.05, 4.69) is 0 Å². The molecule has 33 heavy (non-hydrogen) atoms. The van der Waals surface area contributed by atoms with E-state index in [1.54, 1.807) is 36.4 Å². The summed E-state index contributed by atoms with van der Waals surface area (Å²) >= 11 is 0. The fourth-order valence-corrected chi connectivity index (χ4v) is 3.68. The first-order valence-electron chi connectivity index (χ1n) is 10.1. The van der Waals surface area contributed by atoms with Crippen molar-refractivity contribution in [1.82, 2.24) is 0 Å². The Balaban J connectivity index is 1.61. The van der Waals surface area contributed by atoms with E-state index in [0.29, 0.717) is 28.2 Å². The van der Waals surface area contributed by atoms with Crippen LogP contribution in [0.25, 0.3) is 22.1 Å². The van der Waals surface area contributed by atoms with Gasteiger partial charge in [-0.3, -0.25) is 4.79 Å². The fourth-order valence-electron chi connectivity index (χ4n) is 3.68. The molecule has 0 bridgehead atoms. The Morgan fingerprint density at radius 1 is 0.939 bits per heavy atom. The number of aliphatic hydroxyl groups is 4. The van der Waals surface area contributed by atoms with Gasteiger partial charge in [0, 0.05) is 12.1 Å². The Morgan fingerprint density at radius 3 is 2.30 bits per heavy atom. The third kappa shape index (κ3) is 4.26. The highest BCUT2D eigenvalue weighted by molar-refractivity contribution is 5.88. The number of benzene rings is 2. The summed E-state index contributed by atoms with van der Waals surface area (Å²) in [7, 11) is 2.95. The average Bonchev–Trinajstić information content (AvgIpc) is 2.84. The van der Waals surface area contributed by atoms with Crippen molar-refractivity contribution in [3.63, 3.8) is 0 Å². The Hall–Kier alpha value is -3.15. The molecule has 0 radical (unpaired) electrons. The van der Waals surface area contributed by atoms with E-state index in [1.165, 1.54) is 20.5 Å². The topological polar surface area (TPSA) is 148 Å². The minimum atomic E-state index is -1.55. The molecule has 1 aromatic heterocycles. The normalized spacial score (nSPS) is 25.1. The molecule has 4 rings (SSSR count). The second kappa shape index (κ2) is 9.38. The van der Waals surface area contributed by atoms with Gasteiger partial charge in [0.15, 0.2) is 0 Å². The van der Waals surface area contributed by atoms with Crippen LogP contribution in [-0.2, 0) is 4.74 Å². The van der Waals surface area contributed by atoms with E-state index in [1.807, 2.05) is 0 Å². The molecule has 5 unspecified atom stereocenters. The molecule has 10 nitrogen and oxygen atoms in total. The number of ether oxygens (including phenoxy) is 4. The molecule has 1 fully saturated rings. The van der Waals surface area contributed by atoms with Crippen molar-refractivity contribution < 1.29 is 43.8 Å². The maximum absolute atomic E-state index is 13.1. The van der Waals surface area contributed by atoms with Crippen molar-refractivity contribution in [2.24, 2.45) is 0 Å². The van der Waals surface area contributed by atoms with Crippen LogP contribution in [0.15, 0.2) is 51.9 Å². The summed E-state index contributed by atoms with van der Waals surface area (Å²) in [5, 5.41) is 39.5.